The van der Waals surface area contributed by atoms with Crippen LogP contribution in [0.4, 0.5) is 0 Å². The third kappa shape index (κ3) is 3.72. The van der Waals surface area contributed by atoms with Crippen LogP contribution in [0.15, 0.2) is 50.2 Å². The Bertz CT molecular complexity index is 1440. The van der Waals surface area contributed by atoms with Gasteiger partial charge in [0.25, 0.3) is 5.56 Å². The molecule has 1 aromatic carbocycles. The highest BCUT2D eigenvalue weighted by atomic mass is 35.5. The molecule has 2 aliphatic rings. The van der Waals surface area contributed by atoms with Gasteiger partial charge in [-0.2, -0.15) is 9.94 Å². The molecular weight excluding hydrogens is 455 g/mol. The molecule has 9 nitrogen and oxygen atoms in total. The van der Waals surface area contributed by atoms with Gasteiger partial charge >= 0.3 is 5.69 Å². The molecule has 0 atom stereocenters. The van der Waals surface area contributed by atoms with Crippen molar-refractivity contribution in [3.8, 4) is 17.5 Å². The highest BCUT2D eigenvalue weighted by Crippen LogP contribution is 2.40. The van der Waals surface area contributed by atoms with Crippen molar-refractivity contribution in [1.29, 1.82) is 5.26 Å². The first-order valence-electron chi connectivity index (χ1n) is 10.7. The molecule has 1 aliphatic carbocycles. The van der Waals surface area contributed by atoms with E-state index >= 15 is 0 Å². The Morgan fingerprint density at radius 1 is 1.28 bits per heavy atom. The zero-order valence-electron chi connectivity index (χ0n) is 19.1. The number of allylic oxidation sites excluding steroid dienone is 1. The van der Waals surface area contributed by atoms with Gasteiger partial charge in [-0.15, -0.1) is 10.2 Å². The van der Waals surface area contributed by atoms with Gasteiger partial charge in [-0.25, -0.2) is 4.79 Å². The third-order valence-corrected chi connectivity index (χ3v) is 5.52. The van der Waals surface area contributed by atoms with E-state index < -0.39 is 34.7 Å². The number of aromatic amines is 1. The number of ether oxygens (including phenoxy) is 1. The van der Waals surface area contributed by atoms with E-state index in [4.69, 9.17) is 35.9 Å². The van der Waals surface area contributed by atoms with Crippen molar-refractivity contribution in [3.63, 3.8) is 0 Å². The number of H-pyrrole nitrogens is 1. The van der Waals surface area contributed by atoms with Crippen LogP contribution in [0, 0.1) is 11.3 Å². The normalized spacial score (nSPS) is 16.6. The lowest BCUT2D eigenvalue weighted by Gasteiger charge is -2.31. The molecule has 0 amide bonds. The van der Waals surface area contributed by atoms with Gasteiger partial charge in [-0.3, -0.25) is 14.8 Å². The second-order valence-corrected chi connectivity index (χ2v) is 8.15. The number of nitrogens with one attached hydrogen (secondary N) is 1. The molecule has 2 heterocycles. The number of hydrogen-bond donors (Lipinski definition) is 1. The summed E-state index contributed by atoms with van der Waals surface area (Å²) >= 11 is 12.8. The fourth-order valence-corrected chi connectivity index (χ4v) is 4.02. The lowest BCUT2D eigenvalue weighted by atomic mass is 10.1. The van der Waals surface area contributed by atoms with E-state index in [0.717, 1.165) is 29.7 Å². The van der Waals surface area contributed by atoms with E-state index in [0.29, 0.717) is 11.1 Å². The zero-order chi connectivity index (χ0) is 24.9. The van der Waals surface area contributed by atoms with Crippen LogP contribution >= 0.6 is 23.2 Å². The summed E-state index contributed by atoms with van der Waals surface area (Å²) < 4.78 is 23.4. The van der Waals surface area contributed by atoms with E-state index in [9.17, 15) is 9.59 Å². The first-order valence-corrected chi connectivity index (χ1v) is 10.4. The largest absolute Gasteiger partial charge is 0.434 e. The van der Waals surface area contributed by atoms with Gasteiger partial charge in [0.05, 0.1) is 24.2 Å². The smallest absolute Gasteiger partial charge is 0.349 e. The van der Waals surface area contributed by atoms with E-state index in [-0.39, 0.29) is 27.7 Å². The lowest BCUT2D eigenvalue weighted by molar-refractivity contribution is 0.291. The molecule has 1 aliphatic heterocycles. The summed E-state index contributed by atoms with van der Waals surface area (Å²) in [6.45, 7) is 8.05. The Labute approximate surface area is 195 Å². The van der Waals surface area contributed by atoms with Gasteiger partial charge in [0.1, 0.15) is 6.07 Å². The van der Waals surface area contributed by atoms with Crippen molar-refractivity contribution in [1.82, 2.24) is 19.8 Å². The fraction of sp³-hybridized carbons (Fsp3) is 0.286. The highest BCUT2D eigenvalue weighted by Gasteiger charge is 2.32. The number of benzene rings is 1. The molecule has 1 aromatic heterocycles. The van der Waals surface area contributed by atoms with Gasteiger partial charge < -0.3 is 4.74 Å². The lowest BCUT2D eigenvalue weighted by Crippen LogP contribution is -2.33. The summed E-state index contributed by atoms with van der Waals surface area (Å²) in [5.74, 6) is 0.0730. The topological polar surface area (TPSA) is 116 Å². The molecule has 0 unspecified atom stereocenters. The molecule has 0 fully saturated rings. The molecule has 4 rings (SSSR count). The maximum atomic E-state index is 12.3. The number of halogens is 2. The van der Waals surface area contributed by atoms with E-state index in [1.807, 2.05) is 18.8 Å². The van der Waals surface area contributed by atoms with Crippen molar-refractivity contribution in [2.75, 3.05) is 0 Å². The number of aromatic nitrogens is 3. The molecule has 1 N–H and O–H groups in total. The molecule has 164 valence electrons. The van der Waals surface area contributed by atoms with Crippen LogP contribution in [0.1, 0.15) is 41.5 Å². The van der Waals surface area contributed by atoms with E-state index in [2.05, 4.69) is 16.8 Å². The molecule has 0 saturated heterocycles. The first-order chi connectivity index (χ1) is 16.1. The number of nitriles is 1. The Kier molecular flexibility index (Phi) is 5.02. The summed E-state index contributed by atoms with van der Waals surface area (Å²) in [4.78, 5) is 25.9. The molecule has 2 aromatic rings. The molecule has 32 heavy (non-hydrogen) atoms. The predicted octanol–water partition coefficient (Wildman–Crippen LogP) is 3.51. The monoisotopic (exact) mass is 474 g/mol. The van der Waals surface area contributed by atoms with E-state index in [1.54, 1.807) is 11.1 Å². The summed E-state index contributed by atoms with van der Waals surface area (Å²) in [5.41, 5.74) is -0.426. The standard InChI is InChI=1S/C21H18Cl2N6O3/c1-10(2)28-11(3)13-5-4-6-14(13)20(27-28)32-18-15(22)7-12(8-16(18)23)29-21(31)25-19(30)17(9-24)26-29/h7-8,10H,3-6H2,1-2H3,(H,25,30,31)/i7D,8D. The quantitative estimate of drug-likeness (QED) is 0.727. The molecule has 0 radical (unpaired) electrons. The van der Waals surface area contributed by atoms with Gasteiger partial charge in [-0.05, 0) is 50.8 Å². The summed E-state index contributed by atoms with van der Waals surface area (Å²) in [6.07, 6.45) is 2.42. The first kappa shape index (κ1) is 19.3. The van der Waals surface area contributed by atoms with Gasteiger partial charge in [-0.1, -0.05) is 29.8 Å². The minimum atomic E-state index is -1.06. The number of nitrogens with zero attached hydrogens (tertiary/aromatic N) is 5. The second-order valence-electron chi connectivity index (χ2n) is 7.39. The van der Waals surface area contributed by atoms with Crippen LogP contribution in [0.5, 0.6) is 5.75 Å². The average Bonchev–Trinajstić information content (AvgIpc) is 3.29. The van der Waals surface area contributed by atoms with Gasteiger partial charge in [0.15, 0.2) is 5.75 Å². The third-order valence-electron chi connectivity index (χ3n) is 4.99. The van der Waals surface area contributed by atoms with Crippen LogP contribution in [0.3, 0.4) is 0 Å². The van der Waals surface area contributed by atoms with Crippen LogP contribution in [-0.2, 0) is 0 Å². The van der Waals surface area contributed by atoms with Crippen LogP contribution in [0.2, 0.25) is 10.0 Å². The molecule has 0 spiro atoms. The minimum Gasteiger partial charge on any atom is -0.434 e. The highest BCUT2D eigenvalue weighted by molar-refractivity contribution is 6.37. The maximum Gasteiger partial charge on any atom is 0.349 e. The fourth-order valence-electron chi connectivity index (χ4n) is 3.53. The molecule has 11 heteroatoms. The summed E-state index contributed by atoms with van der Waals surface area (Å²) in [6, 6.07) is 0.542. The number of hydrogen-bond acceptors (Lipinski definition) is 7. The second kappa shape index (κ2) is 8.30. The number of rotatable bonds is 3. The number of hydrazone groups is 1. The van der Waals surface area contributed by atoms with Crippen molar-refractivity contribution in [3.05, 3.63) is 72.1 Å². The van der Waals surface area contributed by atoms with Crippen molar-refractivity contribution in [2.24, 2.45) is 5.10 Å². The Hall–Kier alpha value is -3.35. The van der Waals surface area contributed by atoms with Gasteiger partial charge in [0, 0.05) is 11.6 Å². The average molecular weight is 475 g/mol. The molecular formula is C21H18Cl2N6O3. The predicted molar refractivity (Wildman–Crippen MR) is 120 cm³/mol. The van der Waals surface area contributed by atoms with Crippen LogP contribution in [-0.4, -0.2) is 31.7 Å². The van der Waals surface area contributed by atoms with Crippen molar-refractivity contribution in [2.45, 2.75) is 39.2 Å². The maximum absolute atomic E-state index is 12.3. The summed E-state index contributed by atoms with van der Waals surface area (Å²) in [5, 5.41) is 18.4. The Morgan fingerprint density at radius 3 is 2.56 bits per heavy atom. The van der Waals surface area contributed by atoms with Crippen molar-refractivity contribution >= 4 is 29.1 Å². The van der Waals surface area contributed by atoms with Crippen LogP contribution < -0.4 is 16.0 Å². The van der Waals surface area contributed by atoms with E-state index in [1.165, 1.54) is 0 Å². The van der Waals surface area contributed by atoms with Crippen molar-refractivity contribution < 1.29 is 7.48 Å². The SMILES string of the molecule is [2H]c1c(Cl)c(OC2=NN(C(C)C)C(=C)C3=C2CCC3)c(Cl)c([2H])c1-n1nc(C#N)c(=O)[nH]c1=O. The van der Waals surface area contributed by atoms with Gasteiger partial charge in [0.2, 0.25) is 11.6 Å². The summed E-state index contributed by atoms with van der Waals surface area (Å²) in [7, 11) is 0. The molecule has 0 saturated carbocycles. The Balaban J connectivity index is 1.86. The minimum absolute atomic E-state index is 0.0000538. The molecule has 0 bridgehead atoms. The van der Waals surface area contributed by atoms with Crippen LogP contribution in [0.25, 0.3) is 5.69 Å². The zero-order valence-corrected chi connectivity index (χ0v) is 18.6. The Morgan fingerprint density at radius 2 is 1.94 bits per heavy atom.